The molecule has 1 aliphatic rings. The standard InChI is InChI=1S/C23H25N/c1-4-9-19-12-8-13-23(18(19)2)24(3)22-16-14-21(15-17-22)20-10-6-5-7-11-20/h4,6,8-17H,5,7H2,1-3H3/b9-4-. The van der Waals surface area contributed by atoms with E-state index in [4.69, 9.17) is 0 Å². The van der Waals surface area contributed by atoms with E-state index in [2.05, 4.69) is 98.6 Å². The van der Waals surface area contributed by atoms with E-state index >= 15 is 0 Å². The van der Waals surface area contributed by atoms with Crippen LogP contribution in [0, 0.1) is 6.92 Å². The molecule has 2 aromatic carbocycles. The fourth-order valence-corrected chi connectivity index (χ4v) is 3.21. The molecule has 0 aliphatic heterocycles. The Morgan fingerprint density at radius 1 is 1.00 bits per heavy atom. The molecule has 0 heterocycles. The zero-order chi connectivity index (χ0) is 16.9. The van der Waals surface area contributed by atoms with Crippen molar-refractivity contribution < 1.29 is 0 Å². The maximum absolute atomic E-state index is 2.32. The summed E-state index contributed by atoms with van der Waals surface area (Å²) in [5.74, 6) is 0. The first kappa shape index (κ1) is 16.3. The normalized spacial score (nSPS) is 14.0. The Bertz CT molecular complexity index is 791. The molecule has 24 heavy (non-hydrogen) atoms. The van der Waals surface area contributed by atoms with Crippen molar-refractivity contribution in [3.8, 4) is 0 Å². The summed E-state index contributed by atoms with van der Waals surface area (Å²) >= 11 is 0. The summed E-state index contributed by atoms with van der Waals surface area (Å²) in [6, 6.07) is 15.3. The highest BCUT2D eigenvalue weighted by atomic mass is 15.1. The first-order chi connectivity index (χ1) is 11.7. The number of benzene rings is 2. The first-order valence-electron chi connectivity index (χ1n) is 8.64. The SMILES string of the molecule is C/C=C\c1cccc(N(C)c2ccc(C3=CCCC=C3)cc2)c1C. The molecule has 1 nitrogen and oxygen atoms in total. The van der Waals surface area contributed by atoms with Gasteiger partial charge in [-0.25, -0.2) is 0 Å². The van der Waals surface area contributed by atoms with Crippen LogP contribution in [0.2, 0.25) is 0 Å². The second kappa shape index (κ2) is 7.35. The molecular formula is C23H25N. The van der Waals surface area contributed by atoms with Gasteiger partial charge >= 0.3 is 0 Å². The fraction of sp³-hybridized carbons (Fsp3) is 0.217. The van der Waals surface area contributed by atoms with Gasteiger partial charge in [-0.05, 0) is 67.2 Å². The smallest absolute Gasteiger partial charge is 0.0443 e. The number of rotatable bonds is 4. The van der Waals surface area contributed by atoms with Crippen LogP contribution in [0.4, 0.5) is 11.4 Å². The molecule has 1 heteroatoms. The van der Waals surface area contributed by atoms with Crippen molar-refractivity contribution in [2.45, 2.75) is 26.7 Å². The van der Waals surface area contributed by atoms with E-state index in [1.807, 2.05) is 0 Å². The van der Waals surface area contributed by atoms with Crippen molar-refractivity contribution in [3.63, 3.8) is 0 Å². The predicted octanol–water partition coefficient (Wildman–Crippen LogP) is 6.53. The highest BCUT2D eigenvalue weighted by molar-refractivity contribution is 5.77. The van der Waals surface area contributed by atoms with Crippen molar-refractivity contribution in [1.82, 2.24) is 0 Å². The van der Waals surface area contributed by atoms with Crippen LogP contribution in [0.5, 0.6) is 0 Å². The zero-order valence-corrected chi connectivity index (χ0v) is 14.8. The van der Waals surface area contributed by atoms with Crippen LogP contribution in [-0.4, -0.2) is 7.05 Å². The van der Waals surface area contributed by atoms with Crippen molar-refractivity contribution in [2.75, 3.05) is 11.9 Å². The van der Waals surface area contributed by atoms with E-state index in [0.29, 0.717) is 0 Å². The Morgan fingerprint density at radius 3 is 2.46 bits per heavy atom. The molecular weight excluding hydrogens is 290 g/mol. The average Bonchev–Trinajstić information content (AvgIpc) is 2.64. The Morgan fingerprint density at radius 2 is 1.79 bits per heavy atom. The molecule has 0 aromatic heterocycles. The molecule has 3 rings (SSSR count). The molecule has 0 unspecified atom stereocenters. The third kappa shape index (κ3) is 3.35. The Balaban J connectivity index is 1.88. The van der Waals surface area contributed by atoms with Gasteiger partial charge in [-0.2, -0.15) is 0 Å². The van der Waals surface area contributed by atoms with Gasteiger partial charge in [0, 0.05) is 18.4 Å². The molecule has 0 spiro atoms. The van der Waals surface area contributed by atoms with E-state index in [-0.39, 0.29) is 0 Å². The number of hydrogen-bond acceptors (Lipinski definition) is 1. The van der Waals surface area contributed by atoms with Crippen LogP contribution in [-0.2, 0) is 0 Å². The fourth-order valence-electron chi connectivity index (χ4n) is 3.21. The second-order valence-corrected chi connectivity index (χ2v) is 6.24. The highest BCUT2D eigenvalue weighted by Gasteiger charge is 2.09. The number of allylic oxidation sites excluding steroid dienone is 5. The lowest BCUT2D eigenvalue weighted by molar-refractivity contribution is 1.04. The van der Waals surface area contributed by atoms with Crippen molar-refractivity contribution in [2.24, 2.45) is 0 Å². The van der Waals surface area contributed by atoms with Crippen LogP contribution in [0.15, 0.2) is 66.8 Å². The van der Waals surface area contributed by atoms with Gasteiger partial charge in [0.15, 0.2) is 0 Å². The van der Waals surface area contributed by atoms with Crippen LogP contribution >= 0.6 is 0 Å². The summed E-state index contributed by atoms with van der Waals surface area (Å²) in [6.45, 7) is 4.25. The average molecular weight is 315 g/mol. The lowest BCUT2D eigenvalue weighted by Gasteiger charge is -2.23. The summed E-state index contributed by atoms with van der Waals surface area (Å²) in [5.41, 5.74) is 7.66. The Hall–Kier alpha value is -2.54. The van der Waals surface area contributed by atoms with Gasteiger partial charge in [-0.3, -0.25) is 0 Å². The third-order valence-corrected chi connectivity index (χ3v) is 4.64. The van der Waals surface area contributed by atoms with Crippen molar-refractivity contribution in [1.29, 1.82) is 0 Å². The van der Waals surface area contributed by atoms with E-state index < -0.39 is 0 Å². The minimum Gasteiger partial charge on any atom is -0.344 e. The minimum atomic E-state index is 1.14. The summed E-state index contributed by atoms with van der Waals surface area (Å²) in [4.78, 5) is 2.26. The summed E-state index contributed by atoms with van der Waals surface area (Å²) in [5, 5.41) is 0. The molecule has 0 amide bonds. The van der Waals surface area contributed by atoms with E-state index in [1.54, 1.807) is 0 Å². The third-order valence-electron chi connectivity index (χ3n) is 4.64. The van der Waals surface area contributed by atoms with Gasteiger partial charge in [0.25, 0.3) is 0 Å². The lowest BCUT2D eigenvalue weighted by Crippen LogP contribution is -2.11. The molecule has 0 radical (unpaired) electrons. The Kier molecular flexibility index (Phi) is 5.00. The topological polar surface area (TPSA) is 3.24 Å². The molecule has 1 aliphatic carbocycles. The highest BCUT2D eigenvalue weighted by Crippen LogP contribution is 2.30. The molecule has 2 aromatic rings. The summed E-state index contributed by atoms with van der Waals surface area (Å²) in [6.07, 6.45) is 13.4. The molecule has 0 bridgehead atoms. The largest absolute Gasteiger partial charge is 0.344 e. The van der Waals surface area contributed by atoms with Gasteiger partial charge in [0.2, 0.25) is 0 Å². The van der Waals surface area contributed by atoms with Crippen LogP contribution in [0.1, 0.15) is 36.5 Å². The van der Waals surface area contributed by atoms with Crippen LogP contribution in [0.3, 0.4) is 0 Å². The minimum absolute atomic E-state index is 1.14. The van der Waals surface area contributed by atoms with Crippen molar-refractivity contribution in [3.05, 3.63) is 83.5 Å². The molecule has 0 N–H and O–H groups in total. The monoisotopic (exact) mass is 315 g/mol. The number of anilines is 2. The molecule has 122 valence electrons. The maximum atomic E-state index is 2.32. The quantitative estimate of drug-likeness (QED) is 0.620. The van der Waals surface area contributed by atoms with Gasteiger partial charge in [-0.15, -0.1) is 0 Å². The second-order valence-electron chi connectivity index (χ2n) is 6.24. The van der Waals surface area contributed by atoms with Gasteiger partial charge in [0.1, 0.15) is 0 Å². The summed E-state index contributed by atoms with van der Waals surface area (Å²) in [7, 11) is 2.14. The van der Waals surface area contributed by atoms with Gasteiger partial charge in [0.05, 0.1) is 0 Å². The maximum Gasteiger partial charge on any atom is 0.0443 e. The van der Waals surface area contributed by atoms with E-state index in [9.17, 15) is 0 Å². The molecule has 0 atom stereocenters. The predicted molar refractivity (Wildman–Crippen MR) is 107 cm³/mol. The van der Waals surface area contributed by atoms with Gasteiger partial charge in [-0.1, -0.05) is 54.6 Å². The van der Waals surface area contributed by atoms with Crippen LogP contribution in [0.25, 0.3) is 11.6 Å². The first-order valence-corrected chi connectivity index (χ1v) is 8.64. The lowest BCUT2D eigenvalue weighted by atomic mass is 9.99. The zero-order valence-electron chi connectivity index (χ0n) is 14.8. The van der Waals surface area contributed by atoms with Crippen molar-refractivity contribution >= 4 is 23.0 Å². The number of hydrogen-bond donors (Lipinski definition) is 0. The number of nitrogens with zero attached hydrogens (tertiary/aromatic N) is 1. The molecule has 0 saturated heterocycles. The molecule has 0 saturated carbocycles. The van der Waals surface area contributed by atoms with Crippen LogP contribution < -0.4 is 4.90 Å². The van der Waals surface area contributed by atoms with Gasteiger partial charge < -0.3 is 4.90 Å². The van der Waals surface area contributed by atoms with E-state index in [1.165, 1.54) is 33.6 Å². The summed E-state index contributed by atoms with van der Waals surface area (Å²) < 4.78 is 0. The Labute approximate surface area is 145 Å². The van der Waals surface area contributed by atoms with E-state index in [0.717, 1.165) is 12.8 Å². The molecule has 0 fully saturated rings.